The maximum atomic E-state index is 12.9. The number of rotatable bonds is 8. The van der Waals surface area contributed by atoms with Crippen LogP contribution >= 0.6 is 0 Å². The van der Waals surface area contributed by atoms with Crippen molar-refractivity contribution in [2.24, 2.45) is 0 Å². The largest absolute Gasteiger partial charge is 0.497 e. The highest BCUT2D eigenvalue weighted by molar-refractivity contribution is 7.89. The number of sulfonamides is 1. The number of aryl methyl sites for hydroxylation is 1. The first-order chi connectivity index (χ1) is 11.9. The molecule has 0 spiro atoms. The Morgan fingerprint density at radius 2 is 1.52 bits per heavy atom. The summed E-state index contributed by atoms with van der Waals surface area (Å²) < 4.78 is 32.4. The lowest BCUT2D eigenvalue weighted by Crippen LogP contribution is -2.35. The molecular formula is C20H25NO3S. The molecule has 0 fully saturated rings. The highest BCUT2D eigenvalue weighted by Gasteiger charge is 2.27. The second-order valence-electron chi connectivity index (χ2n) is 6.09. The molecule has 2 aromatic rings. The van der Waals surface area contributed by atoms with Gasteiger partial charge in [-0.05, 0) is 37.1 Å². The van der Waals surface area contributed by atoms with Crippen molar-refractivity contribution in [1.29, 1.82) is 0 Å². The average molecular weight is 359 g/mol. The number of methoxy groups -OCH3 is 1. The summed E-state index contributed by atoms with van der Waals surface area (Å²) in [7, 11) is -1.88. The molecule has 1 atom stereocenters. The lowest BCUT2D eigenvalue weighted by Gasteiger charge is -2.25. The Balaban J connectivity index is 2.30. The summed E-state index contributed by atoms with van der Waals surface area (Å²) >= 11 is 0. The maximum absolute atomic E-state index is 12.9. The maximum Gasteiger partial charge on any atom is 0.220 e. The SMILES string of the molecule is C=C[C@H](C)S(=O)(=O)N(Cc1ccc(C)cc1)Cc1ccc(OC)cc1. The van der Waals surface area contributed by atoms with Crippen LogP contribution in [0.25, 0.3) is 0 Å². The molecule has 0 amide bonds. The van der Waals surface area contributed by atoms with Crippen LogP contribution in [0.5, 0.6) is 5.75 Å². The van der Waals surface area contributed by atoms with Crippen LogP contribution in [0.1, 0.15) is 23.6 Å². The van der Waals surface area contributed by atoms with Crippen LogP contribution in [0.15, 0.2) is 61.2 Å². The fourth-order valence-corrected chi connectivity index (χ4v) is 3.80. The molecule has 0 heterocycles. The van der Waals surface area contributed by atoms with Gasteiger partial charge >= 0.3 is 0 Å². The van der Waals surface area contributed by atoms with Crippen molar-refractivity contribution < 1.29 is 13.2 Å². The number of nitrogens with zero attached hydrogens (tertiary/aromatic N) is 1. The predicted octanol–water partition coefficient (Wildman–Crippen LogP) is 3.91. The Morgan fingerprint density at radius 3 is 1.96 bits per heavy atom. The van der Waals surface area contributed by atoms with Crippen molar-refractivity contribution >= 4 is 10.0 Å². The van der Waals surface area contributed by atoms with Gasteiger partial charge in [-0.3, -0.25) is 0 Å². The highest BCUT2D eigenvalue weighted by Crippen LogP contribution is 2.20. The second kappa shape index (κ2) is 8.32. The van der Waals surface area contributed by atoms with Gasteiger partial charge in [0.1, 0.15) is 5.75 Å². The fraction of sp³-hybridized carbons (Fsp3) is 0.300. The van der Waals surface area contributed by atoms with Crippen LogP contribution in [0.2, 0.25) is 0 Å². The lowest BCUT2D eigenvalue weighted by molar-refractivity contribution is 0.396. The van der Waals surface area contributed by atoms with Gasteiger partial charge in [0, 0.05) is 13.1 Å². The molecule has 0 aromatic heterocycles. The van der Waals surface area contributed by atoms with E-state index in [1.165, 1.54) is 10.4 Å². The van der Waals surface area contributed by atoms with Gasteiger partial charge in [-0.25, -0.2) is 8.42 Å². The zero-order valence-corrected chi connectivity index (χ0v) is 15.8. The molecule has 0 aliphatic rings. The van der Waals surface area contributed by atoms with E-state index in [4.69, 9.17) is 4.74 Å². The van der Waals surface area contributed by atoms with Gasteiger partial charge < -0.3 is 4.74 Å². The van der Waals surface area contributed by atoms with Crippen LogP contribution < -0.4 is 4.74 Å². The van der Waals surface area contributed by atoms with Crippen molar-refractivity contribution in [1.82, 2.24) is 4.31 Å². The van der Waals surface area contributed by atoms with Gasteiger partial charge in [0.25, 0.3) is 0 Å². The van der Waals surface area contributed by atoms with Gasteiger partial charge in [-0.1, -0.05) is 48.0 Å². The van der Waals surface area contributed by atoms with Crippen molar-refractivity contribution in [2.45, 2.75) is 32.2 Å². The standard InChI is InChI=1S/C20H25NO3S/c1-5-17(3)25(22,23)21(14-18-8-6-16(2)7-9-18)15-19-10-12-20(24-4)13-11-19/h5-13,17H,1,14-15H2,2-4H3/t17-/m0/s1. The van der Waals surface area contributed by atoms with E-state index in [9.17, 15) is 8.42 Å². The number of benzene rings is 2. The summed E-state index contributed by atoms with van der Waals surface area (Å²) in [6.07, 6.45) is 1.46. The predicted molar refractivity (Wildman–Crippen MR) is 102 cm³/mol. The van der Waals surface area contributed by atoms with E-state index in [0.717, 1.165) is 22.4 Å². The van der Waals surface area contributed by atoms with E-state index in [0.29, 0.717) is 13.1 Å². The molecule has 0 radical (unpaired) electrons. The zero-order chi connectivity index (χ0) is 18.4. The summed E-state index contributed by atoms with van der Waals surface area (Å²) in [5, 5.41) is -0.642. The normalized spacial score (nSPS) is 12.8. The minimum absolute atomic E-state index is 0.304. The van der Waals surface area contributed by atoms with Crippen LogP contribution in [0.3, 0.4) is 0 Å². The minimum Gasteiger partial charge on any atom is -0.497 e. The molecule has 5 heteroatoms. The molecule has 0 saturated heterocycles. The molecule has 0 N–H and O–H groups in total. The van der Waals surface area contributed by atoms with Crippen molar-refractivity contribution in [2.75, 3.05) is 7.11 Å². The first-order valence-corrected chi connectivity index (χ1v) is 9.67. The molecule has 25 heavy (non-hydrogen) atoms. The Hall–Kier alpha value is -2.11. The van der Waals surface area contributed by atoms with Crippen LogP contribution in [-0.2, 0) is 23.1 Å². The number of hydrogen-bond acceptors (Lipinski definition) is 3. The van der Waals surface area contributed by atoms with E-state index in [1.54, 1.807) is 14.0 Å². The Morgan fingerprint density at radius 1 is 1.04 bits per heavy atom. The summed E-state index contributed by atoms with van der Waals surface area (Å²) in [5.41, 5.74) is 3.01. The Labute approximate surface area is 150 Å². The van der Waals surface area contributed by atoms with Crippen LogP contribution in [0.4, 0.5) is 0 Å². The highest BCUT2D eigenvalue weighted by atomic mass is 32.2. The molecule has 0 saturated carbocycles. The Bertz CT molecular complexity index is 796. The molecule has 0 bridgehead atoms. The van der Waals surface area contributed by atoms with E-state index >= 15 is 0 Å². The van der Waals surface area contributed by atoms with Gasteiger partial charge in [-0.15, -0.1) is 6.58 Å². The smallest absolute Gasteiger partial charge is 0.220 e. The average Bonchev–Trinajstić information content (AvgIpc) is 2.62. The summed E-state index contributed by atoms with van der Waals surface area (Å²) in [6, 6.07) is 15.3. The van der Waals surface area contributed by atoms with Crippen molar-refractivity contribution in [3.8, 4) is 5.75 Å². The van der Waals surface area contributed by atoms with E-state index in [1.807, 2.05) is 55.5 Å². The van der Waals surface area contributed by atoms with Crippen molar-refractivity contribution in [3.05, 3.63) is 77.9 Å². The lowest BCUT2D eigenvalue weighted by atomic mass is 10.1. The monoisotopic (exact) mass is 359 g/mol. The molecule has 0 aliphatic carbocycles. The first-order valence-electron chi connectivity index (χ1n) is 8.17. The third-order valence-electron chi connectivity index (χ3n) is 4.16. The molecule has 0 unspecified atom stereocenters. The Kier molecular flexibility index (Phi) is 6.39. The summed E-state index contributed by atoms with van der Waals surface area (Å²) in [5.74, 6) is 0.746. The second-order valence-corrected chi connectivity index (χ2v) is 8.38. The topological polar surface area (TPSA) is 46.6 Å². The van der Waals surface area contributed by atoms with Gasteiger partial charge in [0.05, 0.1) is 12.4 Å². The van der Waals surface area contributed by atoms with Gasteiger partial charge in [0.15, 0.2) is 0 Å². The third-order valence-corrected chi connectivity index (χ3v) is 6.27. The summed E-state index contributed by atoms with van der Waals surface area (Å²) in [6.45, 7) is 7.93. The number of ether oxygens (including phenoxy) is 1. The van der Waals surface area contributed by atoms with E-state index in [-0.39, 0.29) is 0 Å². The quantitative estimate of drug-likeness (QED) is 0.671. The fourth-order valence-electron chi connectivity index (χ4n) is 2.42. The van der Waals surface area contributed by atoms with E-state index < -0.39 is 15.3 Å². The number of hydrogen-bond donors (Lipinski definition) is 0. The molecule has 2 rings (SSSR count). The first kappa shape index (κ1) is 19.2. The zero-order valence-electron chi connectivity index (χ0n) is 15.0. The van der Waals surface area contributed by atoms with Gasteiger partial charge in [0.2, 0.25) is 10.0 Å². The molecule has 4 nitrogen and oxygen atoms in total. The summed E-state index contributed by atoms with van der Waals surface area (Å²) in [4.78, 5) is 0. The molecular weight excluding hydrogens is 334 g/mol. The van der Waals surface area contributed by atoms with Gasteiger partial charge in [-0.2, -0.15) is 4.31 Å². The van der Waals surface area contributed by atoms with Crippen molar-refractivity contribution in [3.63, 3.8) is 0 Å². The van der Waals surface area contributed by atoms with Crippen LogP contribution in [-0.4, -0.2) is 25.1 Å². The third kappa shape index (κ3) is 4.94. The molecule has 134 valence electrons. The van der Waals surface area contributed by atoms with Crippen LogP contribution in [0, 0.1) is 6.92 Å². The minimum atomic E-state index is -3.49. The van der Waals surface area contributed by atoms with E-state index in [2.05, 4.69) is 6.58 Å². The molecule has 0 aliphatic heterocycles. The molecule has 2 aromatic carbocycles.